The van der Waals surface area contributed by atoms with Gasteiger partial charge in [-0.1, -0.05) is 45.9 Å². The number of rotatable bonds is 7. The molecule has 28 heavy (non-hydrogen) atoms. The maximum atomic E-state index is 11.7. The number of imidazole rings is 1. The average Bonchev–Trinajstić information content (AvgIpc) is 3.21. The fourth-order valence-corrected chi connectivity index (χ4v) is 4.07. The van der Waals surface area contributed by atoms with Crippen molar-refractivity contribution in [1.29, 1.82) is 0 Å². The molecular weight excluding hydrogens is 396 g/mol. The van der Waals surface area contributed by atoms with E-state index in [4.69, 9.17) is 5.14 Å². The Balaban J connectivity index is 1.91. The van der Waals surface area contributed by atoms with E-state index in [-0.39, 0.29) is 10.3 Å². The smallest absolute Gasteiger partial charge is 0.238 e. The van der Waals surface area contributed by atoms with Crippen LogP contribution in [0.4, 0.5) is 0 Å². The molecule has 0 aliphatic carbocycles. The van der Waals surface area contributed by atoms with Crippen molar-refractivity contribution in [1.82, 2.24) is 24.7 Å². The van der Waals surface area contributed by atoms with E-state index in [9.17, 15) is 8.42 Å². The lowest BCUT2D eigenvalue weighted by Gasteiger charge is -2.12. The third-order valence-corrected chi connectivity index (χ3v) is 6.12. The van der Waals surface area contributed by atoms with Gasteiger partial charge in [-0.15, -0.1) is 5.10 Å². The Bertz CT molecular complexity index is 1080. The maximum absolute atomic E-state index is 11.7. The minimum Gasteiger partial charge on any atom is -0.327 e. The molecule has 2 heterocycles. The highest BCUT2D eigenvalue weighted by molar-refractivity contribution is 7.98. The molecule has 0 aliphatic rings. The van der Waals surface area contributed by atoms with Crippen LogP contribution < -0.4 is 5.14 Å². The summed E-state index contributed by atoms with van der Waals surface area (Å²) in [5.74, 6) is 2.29. The van der Waals surface area contributed by atoms with Crippen LogP contribution in [0.25, 0.3) is 11.0 Å². The SMILES string of the molecule is CCCCn1c(CSc2n[nH]c(C(C)(C)C)n2)nc2cc(S(N)(=O)=O)ccc21. The minimum absolute atomic E-state index is 0.0723. The topological polar surface area (TPSA) is 120 Å². The second-order valence-corrected chi connectivity index (χ2v) is 10.2. The molecule has 0 unspecified atom stereocenters. The molecule has 0 atom stereocenters. The fourth-order valence-electron chi connectivity index (χ4n) is 2.79. The van der Waals surface area contributed by atoms with E-state index in [1.807, 2.05) is 0 Å². The molecule has 0 amide bonds. The number of aromatic amines is 1. The van der Waals surface area contributed by atoms with Gasteiger partial charge in [-0.05, 0) is 24.6 Å². The van der Waals surface area contributed by atoms with Crippen LogP contribution >= 0.6 is 11.8 Å². The number of primary sulfonamides is 1. The van der Waals surface area contributed by atoms with Crippen molar-refractivity contribution in [3.05, 3.63) is 29.8 Å². The molecule has 2 aromatic heterocycles. The third kappa shape index (κ3) is 4.56. The number of nitrogens with zero attached hydrogens (tertiary/aromatic N) is 4. The number of hydrogen-bond acceptors (Lipinski definition) is 6. The number of nitrogens with two attached hydrogens (primary N) is 1. The molecule has 3 aromatic rings. The van der Waals surface area contributed by atoms with E-state index in [2.05, 4.69) is 52.4 Å². The molecule has 0 bridgehead atoms. The number of fused-ring (bicyclic) bond motifs is 1. The summed E-state index contributed by atoms with van der Waals surface area (Å²) in [4.78, 5) is 9.29. The second-order valence-electron chi connectivity index (χ2n) is 7.73. The van der Waals surface area contributed by atoms with E-state index < -0.39 is 10.0 Å². The van der Waals surface area contributed by atoms with Crippen molar-refractivity contribution in [2.24, 2.45) is 5.14 Å². The highest BCUT2D eigenvalue weighted by atomic mass is 32.2. The lowest BCUT2D eigenvalue weighted by atomic mass is 9.96. The van der Waals surface area contributed by atoms with Gasteiger partial charge in [0, 0.05) is 12.0 Å². The van der Waals surface area contributed by atoms with Crippen molar-refractivity contribution in [2.45, 2.75) is 68.3 Å². The number of benzene rings is 1. The molecule has 8 nitrogen and oxygen atoms in total. The van der Waals surface area contributed by atoms with Crippen LogP contribution in [0, 0.1) is 0 Å². The van der Waals surface area contributed by atoms with Gasteiger partial charge in [0.1, 0.15) is 11.6 Å². The van der Waals surface area contributed by atoms with Crippen LogP contribution in [-0.2, 0) is 27.7 Å². The first-order valence-corrected chi connectivity index (χ1v) is 11.7. The summed E-state index contributed by atoms with van der Waals surface area (Å²) in [6, 6.07) is 4.84. The normalized spacial score (nSPS) is 12.8. The molecular formula is C18H26N6O2S2. The van der Waals surface area contributed by atoms with Crippen LogP contribution in [0.2, 0.25) is 0 Å². The molecule has 10 heteroatoms. The van der Waals surface area contributed by atoms with Crippen LogP contribution in [0.15, 0.2) is 28.3 Å². The van der Waals surface area contributed by atoms with Crippen molar-refractivity contribution in [3.63, 3.8) is 0 Å². The Morgan fingerprint density at radius 2 is 2.00 bits per heavy atom. The number of thioether (sulfide) groups is 1. The summed E-state index contributed by atoms with van der Waals surface area (Å²) >= 11 is 1.50. The molecule has 3 N–H and O–H groups in total. The van der Waals surface area contributed by atoms with Gasteiger partial charge in [-0.25, -0.2) is 23.5 Å². The quantitative estimate of drug-likeness (QED) is 0.564. The predicted molar refractivity (Wildman–Crippen MR) is 111 cm³/mol. The van der Waals surface area contributed by atoms with Gasteiger partial charge in [-0.2, -0.15) is 0 Å². The molecule has 0 aliphatic heterocycles. The molecule has 0 spiro atoms. The number of unbranched alkanes of at least 4 members (excludes halogenated alkanes) is 1. The van der Waals surface area contributed by atoms with Gasteiger partial charge in [-0.3, -0.25) is 5.10 Å². The minimum atomic E-state index is -3.76. The summed E-state index contributed by atoms with van der Waals surface area (Å²) < 4.78 is 25.4. The molecule has 3 rings (SSSR count). The highest BCUT2D eigenvalue weighted by Crippen LogP contribution is 2.26. The summed E-state index contributed by atoms with van der Waals surface area (Å²) in [5, 5.41) is 13.2. The van der Waals surface area contributed by atoms with E-state index in [0.717, 1.165) is 36.6 Å². The Labute approximate surface area is 169 Å². The average molecular weight is 423 g/mol. The van der Waals surface area contributed by atoms with Gasteiger partial charge in [0.15, 0.2) is 0 Å². The van der Waals surface area contributed by atoms with Crippen molar-refractivity contribution < 1.29 is 8.42 Å². The summed E-state index contributed by atoms with van der Waals surface area (Å²) in [7, 11) is -3.76. The van der Waals surface area contributed by atoms with E-state index >= 15 is 0 Å². The van der Waals surface area contributed by atoms with Crippen LogP contribution in [0.5, 0.6) is 0 Å². The van der Waals surface area contributed by atoms with E-state index in [0.29, 0.717) is 16.4 Å². The Morgan fingerprint density at radius 1 is 1.25 bits per heavy atom. The lowest BCUT2D eigenvalue weighted by Crippen LogP contribution is -2.13. The zero-order valence-electron chi connectivity index (χ0n) is 16.6. The van der Waals surface area contributed by atoms with Crippen LogP contribution in [-0.4, -0.2) is 33.2 Å². The standard InChI is InChI=1S/C18H26N6O2S2/c1-5-6-9-24-14-8-7-12(28(19,25)26)10-13(14)20-15(24)11-27-17-21-16(22-23-17)18(2,3)4/h7-8,10H,5-6,9,11H2,1-4H3,(H2,19,25,26)(H,21,22,23). The molecule has 0 fully saturated rings. The van der Waals surface area contributed by atoms with Crippen LogP contribution in [0.3, 0.4) is 0 Å². The van der Waals surface area contributed by atoms with Crippen molar-refractivity contribution >= 4 is 32.8 Å². The molecule has 0 radical (unpaired) electrons. The molecule has 0 saturated heterocycles. The first-order valence-electron chi connectivity index (χ1n) is 9.17. The lowest BCUT2D eigenvalue weighted by molar-refractivity contribution is 0.547. The Kier molecular flexibility index (Phi) is 5.83. The molecule has 1 aromatic carbocycles. The van der Waals surface area contributed by atoms with Crippen molar-refractivity contribution in [2.75, 3.05) is 0 Å². The number of aromatic nitrogens is 5. The van der Waals surface area contributed by atoms with Gasteiger partial charge < -0.3 is 4.57 Å². The number of nitrogens with one attached hydrogen (secondary N) is 1. The number of hydrogen-bond donors (Lipinski definition) is 2. The predicted octanol–water partition coefficient (Wildman–Crippen LogP) is 3.19. The second kappa shape index (κ2) is 7.84. The summed E-state index contributed by atoms with van der Waals surface area (Å²) in [6.07, 6.45) is 2.06. The third-order valence-electron chi connectivity index (χ3n) is 4.37. The van der Waals surface area contributed by atoms with Gasteiger partial charge >= 0.3 is 0 Å². The summed E-state index contributed by atoms with van der Waals surface area (Å²) in [5.41, 5.74) is 1.44. The summed E-state index contributed by atoms with van der Waals surface area (Å²) in [6.45, 7) is 9.19. The zero-order chi connectivity index (χ0) is 20.5. The highest BCUT2D eigenvalue weighted by Gasteiger charge is 2.20. The number of sulfonamides is 1. The first-order chi connectivity index (χ1) is 13.1. The number of aryl methyl sites for hydroxylation is 1. The van der Waals surface area contributed by atoms with Gasteiger partial charge in [0.25, 0.3) is 0 Å². The largest absolute Gasteiger partial charge is 0.327 e. The van der Waals surface area contributed by atoms with Gasteiger partial charge in [0.05, 0.1) is 21.7 Å². The van der Waals surface area contributed by atoms with Gasteiger partial charge in [0.2, 0.25) is 15.2 Å². The Morgan fingerprint density at radius 3 is 2.61 bits per heavy atom. The molecule has 0 saturated carbocycles. The number of H-pyrrole nitrogens is 1. The zero-order valence-corrected chi connectivity index (χ0v) is 18.2. The first kappa shape index (κ1) is 20.8. The molecule has 152 valence electrons. The van der Waals surface area contributed by atoms with E-state index in [1.165, 1.54) is 23.9 Å². The fraction of sp³-hybridized carbons (Fsp3) is 0.500. The van der Waals surface area contributed by atoms with E-state index in [1.54, 1.807) is 6.07 Å². The van der Waals surface area contributed by atoms with Crippen LogP contribution in [0.1, 0.15) is 52.2 Å². The maximum Gasteiger partial charge on any atom is 0.238 e. The monoisotopic (exact) mass is 422 g/mol. The Hall–Kier alpha value is -1.91. The van der Waals surface area contributed by atoms with Crippen molar-refractivity contribution in [3.8, 4) is 0 Å².